The molecule has 1 saturated heterocycles. The number of hydrogen-bond acceptors (Lipinski definition) is 3. The summed E-state index contributed by atoms with van der Waals surface area (Å²) in [6, 6.07) is 10.4. The number of carbonyl (C=O) groups is 1. The SMILES string of the molecule is Cc1ccc(-n2c(C)cc(C(=O)CN3C[C@H](C)O[C@@H](C)C3)c2C)cc1. The topological polar surface area (TPSA) is 34.5 Å². The first-order valence-electron chi connectivity index (χ1n) is 9.02. The van der Waals surface area contributed by atoms with Crippen LogP contribution in [0.15, 0.2) is 30.3 Å². The first-order chi connectivity index (χ1) is 11.8. The molecule has 25 heavy (non-hydrogen) atoms. The van der Waals surface area contributed by atoms with Crippen LogP contribution in [0.25, 0.3) is 5.69 Å². The number of hydrogen-bond donors (Lipinski definition) is 0. The number of ether oxygens (including phenoxy) is 1. The van der Waals surface area contributed by atoms with Gasteiger partial charge in [-0.2, -0.15) is 0 Å². The standard InChI is InChI=1S/C21H28N2O2/c1-14-6-8-19(9-7-14)23-15(2)10-20(18(23)5)21(24)13-22-11-16(3)25-17(4)12-22/h6-10,16-17H,11-13H2,1-5H3/t16-,17-/m0/s1. The third-order valence-corrected chi connectivity index (χ3v) is 4.89. The van der Waals surface area contributed by atoms with Gasteiger partial charge in [0.25, 0.3) is 0 Å². The number of morpholine rings is 1. The van der Waals surface area contributed by atoms with Crippen molar-refractivity contribution in [2.75, 3.05) is 19.6 Å². The van der Waals surface area contributed by atoms with Gasteiger partial charge in [0.15, 0.2) is 5.78 Å². The van der Waals surface area contributed by atoms with E-state index < -0.39 is 0 Å². The molecule has 0 spiro atoms. The van der Waals surface area contributed by atoms with E-state index in [1.54, 1.807) is 0 Å². The molecule has 134 valence electrons. The lowest BCUT2D eigenvalue weighted by atomic mass is 10.1. The van der Waals surface area contributed by atoms with E-state index in [-0.39, 0.29) is 18.0 Å². The molecule has 1 aliphatic heterocycles. The Labute approximate surface area is 150 Å². The van der Waals surface area contributed by atoms with E-state index in [0.29, 0.717) is 6.54 Å². The second-order valence-electron chi connectivity index (χ2n) is 7.33. The third kappa shape index (κ3) is 3.86. The van der Waals surface area contributed by atoms with Crippen LogP contribution in [0, 0.1) is 20.8 Å². The van der Waals surface area contributed by atoms with Crippen molar-refractivity contribution in [3.05, 3.63) is 52.8 Å². The first-order valence-corrected chi connectivity index (χ1v) is 9.02. The Morgan fingerprint density at radius 1 is 1.08 bits per heavy atom. The van der Waals surface area contributed by atoms with Crippen molar-refractivity contribution in [1.82, 2.24) is 9.47 Å². The first kappa shape index (κ1) is 17.9. The summed E-state index contributed by atoms with van der Waals surface area (Å²) in [5.41, 5.74) is 5.27. The van der Waals surface area contributed by atoms with Gasteiger partial charge in [0.2, 0.25) is 0 Å². The number of rotatable bonds is 4. The molecule has 0 amide bonds. The van der Waals surface area contributed by atoms with E-state index in [4.69, 9.17) is 4.74 Å². The predicted octanol–water partition coefficient (Wildman–Crippen LogP) is 3.69. The lowest BCUT2D eigenvalue weighted by Crippen LogP contribution is -2.47. The number of Topliss-reactive ketones (excluding diaryl/α,β-unsaturated/α-hetero) is 1. The molecule has 2 atom stereocenters. The summed E-state index contributed by atoms with van der Waals surface area (Å²) in [6.45, 7) is 12.4. The van der Waals surface area contributed by atoms with E-state index in [2.05, 4.69) is 61.4 Å². The number of carbonyl (C=O) groups excluding carboxylic acids is 1. The van der Waals surface area contributed by atoms with Gasteiger partial charge in [-0.1, -0.05) is 17.7 Å². The predicted molar refractivity (Wildman–Crippen MR) is 101 cm³/mol. The molecule has 2 heterocycles. The average Bonchev–Trinajstić information content (AvgIpc) is 2.82. The van der Waals surface area contributed by atoms with Crippen LogP contribution >= 0.6 is 0 Å². The normalized spacial score (nSPS) is 21.5. The molecule has 0 N–H and O–H groups in total. The Kier molecular flexibility index (Phi) is 5.11. The molecular weight excluding hydrogens is 312 g/mol. The molecule has 1 fully saturated rings. The maximum absolute atomic E-state index is 12.9. The van der Waals surface area contributed by atoms with Crippen molar-refractivity contribution in [2.45, 2.75) is 46.8 Å². The Morgan fingerprint density at radius 3 is 2.28 bits per heavy atom. The lowest BCUT2D eigenvalue weighted by Gasteiger charge is -2.34. The van der Waals surface area contributed by atoms with Crippen LogP contribution in [0.5, 0.6) is 0 Å². The second kappa shape index (κ2) is 7.14. The van der Waals surface area contributed by atoms with Gasteiger partial charge in [0.1, 0.15) is 0 Å². The van der Waals surface area contributed by atoms with Crippen molar-refractivity contribution in [3.8, 4) is 5.69 Å². The monoisotopic (exact) mass is 340 g/mol. The molecule has 0 saturated carbocycles. The van der Waals surface area contributed by atoms with Crippen LogP contribution in [0.2, 0.25) is 0 Å². The summed E-state index contributed by atoms with van der Waals surface area (Å²) >= 11 is 0. The molecule has 4 nitrogen and oxygen atoms in total. The fraction of sp³-hybridized carbons (Fsp3) is 0.476. The Morgan fingerprint density at radius 2 is 1.68 bits per heavy atom. The summed E-state index contributed by atoms with van der Waals surface area (Å²) in [5.74, 6) is 0.188. The smallest absolute Gasteiger partial charge is 0.178 e. The zero-order valence-electron chi connectivity index (χ0n) is 15.9. The average molecular weight is 340 g/mol. The molecular formula is C21H28N2O2. The number of aryl methyl sites for hydroxylation is 2. The Balaban J connectivity index is 1.82. The molecule has 4 heteroatoms. The van der Waals surface area contributed by atoms with Crippen LogP contribution in [0.1, 0.15) is 41.2 Å². The molecule has 1 aromatic carbocycles. The van der Waals surface area contributed by atoms with Crippen molar-refractivity contribution in [1.29, 1.82) is 0 Å². The van der Waals surface area contributed by atoms with Gasteiger partial charge in [0, 0.05) is 35.7 Å². The molecule has 0 unspecified atom stereocenters. The maximum Gasteiger partial charge on any atom is 0.178 e. The molecule has 1 aromatic heterocycles. The lowest BCUT2D eigenvalue weighted by molar-refractivity contribution is -0.0652. The van der Waals surface area contributed by atoms with Gasteiger partial charge < -0.3 is 9.30 Å². The van der Waals surface area contributed by atoms with Gasteiger partial charge in [-0.15, -0.1) is 0 Å². The quantitative estimate of drug-likeness (QED) is 0.796. The minimum absolute atomic E-state index is 0.177. The van der Waals surface area contributed by atoms with Gasteiger partial charge >= 0.3 is 0 Å². The van der Waals surface area contributed by atoms with Crippen LogP contribution in [-0.2, 0) is 4.74 Å². The zero-order chi connectivity index (χ0) is 18.1. The van der Waals surface area contributed by atoms with Crippen LogP contribution < -0.4 is 0 Å². The van der Waals surface area contributed by atoms with Crippen LogP contribution in [0.3, 0.4) is 0 Å². The van der Waals surface area contributed by atoms with E-state index >= 15 is 0 Å². The summed E-state index contributed by atoms with van der Waals surface area (Å²) in [6.07, 6.45) is 0.355. The van der Waals surface area contributed by atoms with E-state index in [1.165, 1.54) is 5.56 Å². The number of aromatic nitrogens is 1. The minimum Gasteiger partial charge on any atom is -0.373 e. The van der Waals surface area contributed by atoms with E-state index in [0.717, 1.165) is 35.7 Å². The Bertz CT molecular complexity index is 751. The highest BCUT2D eigenvalue weighted by Gasteiger charge is 2.25. The third-order valence-electron chi connectivity index (χ3n) is 4.89. The molecule has 0 radical (unpaired) electrons. The van der Waals surface area contributed by atoms with Gasteiger partial charge in [0.05, 0.1) is 18.8 Å². The van der Waals surface area contributed by atoms with Gasteiger partial charge in [-0.25, -0.2) is 0 Å². The van der Waals surface area contributed by atoms with Crippen molar-refractivity contribution < 1.29 is 9.53 Å². The fourth-order valence-corrected chi connectivity index (χ4v) is 3.84. The van der Waals surface area contributed by atoms with Crippen molar-refractivity contribution >= 4 is 5.78 Å². The fourth-order valence-electron chi connectivity index (χ4n) is 3.84. The molecule has 3 rings (SSSR count). The molecule has 0 bridgehead atoms. The van der Waals surface area contributed by atoms with E-state index in [9.17, 15) is 4.79 Å². The highest BCUT2D eigenvalue weighted by atomic mass is 16.5. The number of benzene rings is 1. The van der Waals surface area contributed by atoms with Crippen molar-refractivity contribution in [2.24, 2.45) is 0 Å². The minimum atomic E-state index is 0.177. The molecule has 2 aromatic rings. The summed E-state index contributed by atoms with van der Waals surface area (Å²) in [7, 11) is 0. The highest BCUT2D eigenvalue weighted by Crippen LogP contribution is 2.22. The Hall–Kier alpha value is -1.91. The van der Waals surface area contributed by atoms with Crippen molar-refractivity contribution in [3.63, 3.8) is 0 Å². The van der Waals surface area contributed by atoms with Gasteiger partial charge in [-0.05, 0) is 52.8 Å². The van der Waals surface area contributed by atoms with E-state index in [1.807, 2.05) is 13.0 Å². The van der Waals surface area contributed by atoms with Crippen LogP contribution in [0.4, 0.5) is 0 Å². The summed E-state index contributed by atoms with van der Waals surface area (Å²) in [5, 5.41) is 0. The summed E-state index contributed by atoms with van der Waals surface area (Å²) in [4.78, 5) is 15.1. The second-order valence-corrected chi connectivity index (χ2v) is 7.33. The number of ketones is 1. The largest absolute Gasteiger partial charge is 0.373 e. The van der Waals surface area contributed by atoms with Crippen LogP contribution in [-0.4, -0.2) is 47.1 Å². The highest BCUT2D eigenvalue weighted by molar-refractivity contribution is 5.99. The molecule has 0 aliphatic carbocycles. The maximum atomic E-state index is 12.9. The van der Waals surface area contributed by atoms with Gasteiger partial charge in [-0.3, -0.25) is 9.69 Å². The summed E-state index contributed by atoms with van der Waals surface area (Å²) < 4.78 is 7.92. The number of nitrogens with zero attached hydrogens (tertiary/aromatic N) is 2. The molecule has 1 aliphatic rings. The zero-order valence-corrected chi connectivity index (χ0v) is 15.9.